The fraction of sp³-hybridized carbons (Fsp3) is 0.190. The van der Waals surface area contributed by atoms with E-state index in [0.29, 0.717) is 45.6 Å². The number of carbonyl (C=O) groups is 1. The molecule has 0 spiro atoms. The molecule has 3 aromatic rings. The van der Waals surface area contributed by atoms with Crippen LogP contribution in [0.4, 0.5) is 0 Å². The summed E-state index contributed by atoms with van der Waals surface area (Å²) in [5.41, 5.74) is 2.01. The second kappa shape index (κ2) is 7.65. The number of carbonyl (C=O) groups excluding carboxylic acids is 1. The van der Waals surface area contributed by atoms with E-state index in [-0.39, 0.29) is 25.2 Å². The first-order chi connectivity index (χ1) is 14.7. The predicted octanol–water partition coefficient (Wildman–Crippen LogP) is 2.97. The molecule has 1 amide bonds. The quantitative estimate of drug-likeness (QED) is 0.628. The molecule has 2 aliphatic heterocycles. The maximum absolute atomic E-state index is 12.3. The molecule has 0 radical (unpaired) electrons. The SMILES string of the molecule is N#Cc1cc2cc3c(cc2nc1SCC(=O)NCc1ccc2c(c1)OCO2)OCO3. The van der Waals surface area contributed by atoms with Crippen molar-refractivity contribution < 1.29 is 23.7 Å². The third kappa shape index (κ3) is 3.53. The fourth-order valence-electron chi connectivity index (χ4n) is 3.17. The molecule has 0 fully saturated rings. The van der Waals surface area contributed by atoms with E-state index in [1.54, 1.807) is 18.2 Å². The highest BCUT2D eigenvalue weighted by Crippen LogP contribution is 2.37. The number of ether oxygens (including phenoxy) is 4. The molecule has 150 valence electrons. The Bertz CT molecular complexity index is 1210. The van der Waals surface area contributed by atoms with Crippen LogP contribution in [0.5, 0.6) is 23.0 Å². The Balaban J connectivity index is 1.25. The molecular weight excluding hydrogens is 406 g/mol. The van der Waals surface area contributed by atoms with Crippen LogP contribution in [0.25, 0.3) is 10.9 Å². The van der Waals surface area contributed by atoms with Gasteiger partial charge in [0.05, 0.1) is 16.8 Å². The standard InChI is InChI=1S/C21H15N3O5S/c22-7-14-4-13-5-18-19(29-11-28-18)6-15(13)24-21(14)30-9-20(25)23-8-12-1-2-16-17(3-12)27-10-26-16/h1-6H,8-11H2,(H,23,25). The largest absolute Gasteiger partial charge is 0.454 e. The molecule has 30 heavy (non-hydrogen) atoms. The third-order valence-corrected chi connectivity index (χ3v) is 5.65. The van der Waals surface area contributed by atoms with Crippen LogP contribution in [0.3, 0.4) is 0 Å². The molecule has 0 saturated carbocycles. The van der Waals surface area contributed by atoms with Crippen molar-refractivity contribution in [3.05, 3.63) is 47.5 Å². The van der Waals surface area contributed by atoms with E-state index in [9.17, 15) is 10.1 Å². The number of fused-ring (bicyclic) bond motifs is 3. The number of rotatable bonds is 5. The molecule has 0 aliphatic carbocycles. The number of nitrogens with zero attached hydrogens (tertiary/aromatic N) is 2. The Morgan fingerprint density at radius 2 is 1.77 bits per heavy atom. The van der Waals surface area contributed by atoms with E-state index in [1.807, 2.05) is 18.2 Å². The van der Waals surface area contributed by atoms with Gasteiger partial charge in [-0.05, 0) is 29.8 Å². The first-order valence-electron chi connectivity index (χ1n) is 9.12. The second-order valence-electron chi connectivity index (χ2n) is 6.60. The first kappa shape index (κ1) is 18.4. The van der Waals surface area contributed by atoms with Crippen molar-refractivity contribution in [2.24, 2.45) is 0 Å². The second-order valence-corrected chi connectivity index (χ2v) is 7.57. The van der Waals surface area contributed by atoms with Crippen molar-refractivity contribution in [1.82, 2.24) is 10.3 Å². The van der Waals surface area contributed by atoms with Gasteiger partial charge in [0.2, 0.25) is 19.5 Å². The maximum atomic E-state index is 12.3. The van der Waals surface area contributed by atoms with Gasteiger partial charge in [0.1, 0.15) is 11.1 Å². The van der Waals surface area contributed by atoms with Crippen molar-refractivity contribution in [3.8, 4) is 29.1 Å². The van der Waals surface area contributed by atoms with Crippen LogP contribution in [-0.2, 0) is 11.3 Å². The third-order valence-electron chi connectivity index (χ3n) is 4.66. The smallest absolute Gasteiger partial charge is 0.231 e. The van der Waals surface area contributed by atoms with Crippen LogP contribution >= 0.6 is 11.8 Å². The van der Waals surface area contributed by atoms with Crippen molar-refractivity contribution in [1.29, 1.82) is 5.26 Å². The Morgan fingerprint density at radius 3 is 2.57 bits per heavy atom. The zero-order valence-corrected chi connectivity index (χ0v) is 16.5. The van der Waals surface area contributed by atoms with Crippen LogP contribution in [0.1, 0.15) is 11.1 Å². The number of hydrogen-bond donors (Lipinski definition) is 1. The molecule has 1 N–H and O–H groups in total. The van der Waals surface area contributed by atoms with Gasteiger partial charge < -0.3 is 24.3 Å². The first-order valence-corrected chi connectivity index (χ1v) is 10.1. The highest BCUT2D eigenvalue weighted by Gasteiger charge is 2.17. The van der Waals surface area contributed by atoms with E-state index in [0.717, 1.165) is 10.9 Å². The lowest BCUT2D eigenvalue weighted by Crippen LogP contribution is -2.24. The predicted molar refractivity (Wildman–Crippen MR) is 108 cm³/mol. The van der Waals surface area contributed by atoms with Crippen molar-refractivity contribution >= 4 is 28.6 Å². The van der Waals surface area contributed by atoms with E-state index in [2.05, 4.69) is 16.4 Å². The van der Waals surface area contributed by atoms with Gasteiger partial charge in [-0.1, -0.05) is 17.8 Å². The number of amides is 1. The lowest BCUT2D eigenvalue weighted by Gasteiger charge is -2.08. The van der Waals surface area contributed by atoms with Crippen molar-refractivity contribution in [2.45, 2.75) is 11.6 Å². The van der Waals surface area contributed by atoms with Crippen molar-refractivity contribution in [2.75, 3.05) is 19.3 Å². The minimum absolute atomic E-state index is 0.141. The molecule has 3 heterocycles. The average molecular weight is 421 g/mol. The number of benzene rings is 2. The van der Waals surface area contributed by atoms with E-state index in [1.165, 1.54) is 11.8 Å². The van der Waals surface area contributed by atoms with Gasteiger partial charge in [0.25, 0.3) is 0 Å². The van der Waals surface area contributed by atoms with Gasteiger partial charge in [-0.25, -0.2) is 4.98 Å². The van der Waals surface area contributed by atoms with Gasteiger partial charge in [-0.15, -0.1) is 0 Å². The van der Waals surface area contributed by atoms with Gasteiger partial charge in [-0.3, -0.25) is 4.79 Å². The minimum Gasteiger partial charge on any atom is -0.454 e. The summed E-state index contributed by atoms with van der Waals surface area (Å²) < 4.78 is 21.4. The van der Waals surface area contributed by atoms with Crippen LogP contribution in [0, 0.1) is 11.3 Å². The summed E-state index contributed by atoms with van der Waals surface area (Å²) in [5, 5.41) is 13.6. The molecule has 0 atom stereocenters. The number of aromatic nitrogens is 1. The number of pyridine rings is 1. The zero-order valence-electron chi connectivity index (χ0n) is 15.6. The molecule has 9 heteroatoms. The number of nitrogens with one attached hydrogen (secondary N) is 1. The Labute approximate surface area is 175 Å². The Hall–Kier alpha value is -3.64. The normalized spacial score (nSPS) is 13.3. The van der Waals surface area contributed by atoms with Gasteiger partial charge >= 0.3 is 0 Å². The summed E-state index contributed by atoms with van der Waals surface area (Å²) in [6, 6.07) is 13.0. The molecule has 8 nitrogen and oxygen atoms in total. The van der Waals surface area contributed by atoms with E-state index >= 15 is 0 Å². The molecular formula is C21H15N3O5S. The minimum atomic E-state index is -0.158. The molecule has 2 aromatic carbocycles. The average Bonchev–Trinajstić information content (AvgIpc) is 3.42. The van der Waals surface area contributed by atoms with Gasteiger partial charge in [-0.2, -0.15) is 5.26 Å². The lowest BCUT2D eigenvalue weighted by molar-refractivity contribution is -0.118. The topological polar surface area (TPSA) is 103 Å². The van der Waals surface area contributed by atoms with E-state index < -0.39 is 0 Å². The fourth-order valence-corrected chi connectivity index (χ4v) is 3.97. The highest BCUT2D eigenvalue weighted by atomic mass is 32.2. The molecule has 0 unspecified atom stereocenters. The summed E-state index contributed by atoms with van der Waals surface area (Å²) in [6.07, 6.45) is 0. The lowest BCUT2D eigenvalue weighted by atomic mass is 10.1. The molecule has 1 aromatic heterocycles. The van der Waals surface area contributed by atoms with Gasteiger partial charge in [0.15, 0.2) is 23.0 Å². The van der Waals surface area contributed by atoms with Crippen LogP contribution in [0.2, 0.25) is 0 Å². The summed E-state index contributed by atoms with van der Waals surface area (Å²) in [4.78, 5) is 16.9. The van der Waals surface area contributed by atoms with Crippen molar-refractivity contribution in [3.63, 3.8) is 0 Å². The Kier molecular flexibility index (Phi) is 4.69. The highest BCUT2D eigenvalue weighted by molar-refractivity contribution is 8.00. The molecule has 0 bridgehead atoms. The zero-order chi connectivity index (χ0) is 20.5. The molecule has 0 saturated heterocycles. The Morgan fingerprint density at radius 1 is 1.03 bits per heavy atom. The molecule has 2 aliphatic rings. The summed E-state index contributed by atoms with van der Waals surface area (Å²) in [6.45, 7) is 0.751. The summed E-state index contributed by atoms with van der Waals surface area (Å²) in [5.74, 6) is 2.62. The molecule has 5 rings (SSSR count). The van der Waals surface area contributed by atoms with Crippen LogP contribution < -0.4 is 24.3 Å². The summed E-state index contributed by atoms with van der Waals surface area (Å²) in [7, 11) is 0. The van der Waals surface area contributed by atoms with E-state index in [4.69, 9.17) is 18.9 Å². The van der Waals surface area contributed by atoms with Crippen LogP contribution in [0.15, 0.2) is 41.4 Å². The summed E-state index contributed by atoms with van der Waals surface area (Å²) >= 11 is 1.22. The monoisotopic (exact) mass is 421 g/mol. The van der Waals surface area contributed by atoms with Crippen LogP contribution in [-0.4, -0.2) is 30.2 Å². The number of thioether (sulfide) groups is 1. The number of hydrogen-bond acceptors (Lipinski definition) is 8. The van der Waals surface area contributed by atoms with Gasteiger partial charge in [0, 0.05) is 18.0 Å². The maximum Gasteiger partial charge on any atom is 0.231 e. The number of nitriles is 1.